The van der Waals surface area contributed by atoms with Crippen molar-refractivity contribution >= 4 is 0 Å². The van der Waals surface area contributed by atoms with Gasteiger partial charge in [-0.15, -0.1) is 5.53 Å². The van der Waals surface area contributed by atoms with Gasteiger partial charge < -0.3 is 5.32 Å². The summed E-state index contributed by atoms with van der Waals surface area (Å²) in [6, 6.07) is 1.29. The molecule has 0 radical (unpaired) electrons. The van der Waals surface area contributed by atoms with Gasteiger partial charge in [-0.3, -0.25) is 16.7 Å². The summed E-state index contributed by atoms with van der Waals surface area (Å²) in [5, 5.41) is 7.24. The molecular weight excluding hydrogens is 278 g/mol. The van der Waals surface area contributed by atoms with Crippen molar-refractivity contribution in [3.63, 3.8) is 0 Å². The Morgan fingerprint density at radius 3 is 2.41 bits per heavy atom. The predicted octanol–water partition coefficient (Wildman–Crippen LogP) is 2.50. The maximum Gasteiger partial charge on any atom is 0.0993 e. The molecule has 4 atom stereocenters. The maximum absolute atomic E-state index is 8.46. The van der Waals surface area contributed by atoms with Crippen LogP contribution in [0.25, 0.3) is 10.4 Å². The quantitative estimate of drug-likeness (QED) is 0.138. The van der Waals surface area contributed by atoms with Crippen LogP contribution in [0.15, 0.2) is 5.22 Å². The van der Waals surface area contributed by atoms with E-state index in [1.54, 1.807) is 0 Å². The van der Waals surface area contributed by atoms with Crippen LogP contribution in [-0.2, 0) is 0 Å². The number of hydrogen-bond acceptors (Lipinski definition) is 4. The van der Waals surface area contributed by atoms with E-state index >= 15 is 0 Å². The Morgan fingerprint density at radius 2 is 1.68 bits per heavy atom. The van der Waals surface area contributed by atoms with Gasteiger partial charge in [-0.05, 0) is 62.6 Å². The van der Waals surface area contributed by atoms with Crippen LogP contribution in [0.5, 0.6) is 0 Å². The van der Waals surface area contributed by atoms with Gasteiger partial charge >= 0.3 is 0 Å². The number of azide groups is 1. The molecule has 2 aliphatic carbocycles. The van der Waals surface area contributed by atoms with E-state index in [4.69, 9.17) is 11.4 Å². The highest BCUT2D eigenvalue weighted by Crippen LogP contribution is 2.28. The molecule has 0 aromatic rings. The van der Waals surface area contributed by atoms with Gasteiger partial charge in [0.2, 0.25) is 0 Å². The van der Waals surface area contributed by atoms with Crippen molar-refractivity contribution in [3.8, 4) is 0 Å². The molecule has 0 spiro atoms. The summed E-state index contributed by atoms with van der Waals surface area (Å²) >= 11 is 0. The predicted molar refractivity (Wildman–Crippen MR) is 88.6 cm³/mol. The molecule has 7 heteroatoms. The first-order valence-corrected chi connectivity index (χ1v) is 8.84. The molecule has 0 amide bonds. The fourth-order valence-electron chi connectivity index (χ4n) is 4.05. The third kappa shape index (κ3) is 5.32. The van der Waals surface area contributed by atoms with Crippen LogP contribution >= 0.6 is 0 Å². The molecule has 2 rings (SSSR count). The summed E-state index contributed by atoms with van der Waals surface area (Å²) in [4.78, 5) is 2.82. The Morgan fingerprint density at radius 1 is 1.00 bits per heavy atom. The Balaban J connectivity index is 1.66. The molecule has 0 saturated heterocycles. The summed E-state index contributed by atoms with van der Waals surface area (Å²) in [6.45, 7) is 1.05. The summed E-state index contributed by atoms with van der Waals surface area (Å²) in [5.41, 5.74) is 14.4. The molecule has 0 unspecified atom stereocenters. The average molecular weight is 309 g/mol. The number of hydrazine groups is 1. The van der Waals surface area contributed by atoms with Crippen LogP contribution in [0.2, 0.25) is 0 Å². The minimum atomic E-state index is 0.359. The van der Waals surface area contributed by atoms with E-state index in [9.17, 15) is 0 Å². The van der Waals surface area contributed by atoms with Gasteiger partial charge in [0.25, 0.3) is 0 Å². The van der Waals surface area contributed by atoms with Gasteiger partial charge in [-0.1, -0.05) is 19.3 Å². The van der Waals surface area contributed by atoms with E-state index in [0.29, 0.717) is 24.0 Å². The van der Waals surface area contributed by atoms with Crippen molar-refractivity contribution in [1.82, 2.24) is 16.2 Å². The van der Waals surface area contributed by atoms with Gasteiger partial charge in [0, 0.05) is 12.1 Å². The Hall–Kier alpha value is -1.01. The van der Waals surface area contributed by atoms with Gasteiger partial charge in [0.1, 0.15) is 0 Å². The minimum Gasteiger partial charge on any atom is -0.312 e. The molecule has 0 aromatic carbocycles. The zero-order valence-electron chi connectivity index (χ0n) is 13.5. The minimum absolute atomic E-state index is 0.359. The van der Waals surface area contributed by atoms with Crippen LogP contribution in [-0.4, -0.2) is 24.7 Å². The SMILES string of the molecule is [N-]=[N+]=NN[C@H]1CCCC[C@@H]1CCCN[C@H]1CCCC[C@@H]1NN. The van der Waals surface area contributed by atoms with E-state index in [-0.39, 0.29) is 0 Å². The topological polar surface area (TPSA) is 111 Å². The molecule has 0 heterocycles. The van der Waals surface area contributed by atoms with Crippen LogP contribution in [0.1, 0.15) is 64.2 Å². The van der Waals surface area contributed by atoms with Crippen LogP contribution in [0.4, 0.5) is 0 Å². The molecule has 2 fully saturated rings. The second-order valence-electron chi connectivity index (χ2n) is 6.73. The fraction of sp³-hybridized carbons (Fsp3) is 1.00. The van der Waals surface area contributed by atoms with E-state index < -0.39 is 0 Å². The van der Waals surface area contributed by atoms with Gasteiger partial charge in [0.15, 0.2) is 0 Å². The molecule has 2 saturated carbocycles. The first-order chi connectivity index (χ1) is 10.8. The van der Waals surface area contributed by atoms with Crippen molar-refractivity contribution < 1.29 is 0 Å². The van der Waals surface area contributed by atoms with Crippen molar-refractivity contribution in [2.75, 3.05) is 6.54 Å². The number of nitrogens with zero attached hydrogens (tertiary/aromatic N) is 3. The fourth-order valence-corrected chi connectivity index (χ4v) is 4.05. The number of nitrogens with two attached hydrogens (primary N) is 1. The monoisotopic (exact) mass is 309 g/mol. The molecule has 0 aliphatic heterocycles. The number of rotatable bonds is 8. The normalized spacial score (nSPS) is 32.2. The van der Waals surface area contributed by atoms with E-state index in [1.807, 2.05) is 0 Å². The lowest BCUT2D eigenvalue weighted by Gasteiger charge is -2.32. The summed E-state index contributed by atoms with van der Waals surface area (Å²) in [6.07, 6.45) is 12.3. The van der Waals surface area contributed by atoms with Crippen LogP contribution < -0.4 is 22.0 Å². The first kappa shape index (κ1) is 17.3. The van der Waals surface area contributed by atoms with E-state index in [0.717, 1.165) is 13.0 Å². The standard InChI is InChI=1S/C15H31N7/c16-19-15-10-4-3-9-14(15)18-11-5-7-12-6-1-2-8-13(12)20-22-21-17/h12-15,18-20H,1-11,16H2/t12-,13+,14+,15+/m1/s1. The third-order valence-electron chi connectivity index (χ3n) is 5.32. The Kier molecular flexibility index (Phi) is 7.80. The van der Waals surface area contributed by atoms with Gasteiger partial charge in [0.05, 0.1) is 6.04 Å². The van der Waals surface area contributed by atoms with Crippen molar-refractivity contribution in [1.29, 1.82) is 0 Å². The lowest BCUT2D eigenvalue weighted by molar-refractivity contribution is 0.240. The molecule has 0 bridgehead atoms. The summed E-state index contributed by atoms with van der Waals surface area (Å²) in [7, 11) is 0. The molecule has 2 aliphatic rings. The van der Waals surface area contributed by atoms with Gasteiger partial charge in [-0.25, -0.2) is 0 Å². The average Bonchev–Trinajstić information content (AvgIpc) is 2.58. The molecular formula is C15H31N7. The van der Waals surface area contributed by atoms with E-state index in [1.165, 1.54) is 57.8 Å². The molecule has 126 valence electrons. The van der Waals surface area contributed by atoms with Crippen molar-refractivity contribution in [2.24, 2.45) is 17.0 Å². The third-order valence-corrected chi connectivity index (χ3v) is 5.32. The van der Waals surface area contributed by atoms with Crippen LogP contribution in [0, 0.1) is 5.92 Å². The maximum atomic E-state index is 8.46. The molecule has 0 aromatic heterocycles. The van der Waals surface area contributed by atoms with Gasteiger partial charge in [-0.2, -0.15) is 4.91 Å². The molecule has 7 nitrogen and oxygen atoms in total. The lowest BCUT2D eigenvalue weighted by Crippen LogP contribution is -2.52. The molecule has 22 heavy (non-hydrogen) atoms. The highest BCUT2D eigenvalue weighted by molar-refractivity contribution is 4.85. The lowest BCUT2D eigenvalue weighted by atomic mass is 9.82. The number of hydrogen-bond donors (Lipinski definition) is 4. The largest absolute Gasteiger partial charge is 0.312 e. The Labute approximate surface area is 133 Å². The van der Waals surface area contributed by atoms with Crippen molar-refractivity contribution in [2.45, 2.75) is 82.3 Å². The van der Waals surface area contributed by atoms with Crippen LogP contribution in [0.3, 0.4) is 0 Å². The highest BCUT2D eigenvalue weighted by Gasteiger charge is 2.27. The number of nitrogens with one attached hydrogen (secondary N) is 3. The molecule has 5 N–H and O–H groups in total. The van der Waals surface area contributed by atoms with E-state index in [2.05, 4.69) is 26.3 Å². The van der Waals surface area contributed by atoms with Crippen molar-refractivity contribution in [3.05, 3.63) is 10.4 Å². The highest BCUT2D eigenvalue weighted by atomic mass is 15.4. The smallest absolute Gasteiger partial charge is 0.0993 e. The summed E-state index contributed by atoms with van der Waals surface area (Å²) < 4.78 is 0. The zero-order chi connectivity index (χ0) is 15.6. The Bertz CT molecular complexity index is 356. The second kappa shape index (κ2) is 9.90. The zero-order valence-corrected chi connectivity index (χ0v) is 13.5. The second-order valence-corrected chi connectivity index (χ2v) is 6.73. The summed E-state index contributed by atoms with van der Waals surface area (Å²) in [5.74, 6) is 6.28. The first-order valence-electron chi connectivity index (χ1n) is 8.84.